The minimum atomic E-state index is -0.466. The molecule has 1 aromatic rings. The van der Waals surface area contributed by atoms with Crippen LogP contribution in [0.25, 0.3) is 0 Å². The normalized spacial score (nSPS) is 19.3. The van der Waals surface area contributed by atoms with Crippen molar-refractivity contribution in [2.24, 2.45) is 5.92 Å². The van der Waals surface area contributed by atoms with Crippen LogP contribution in [0.2, 0.25) is 0 Å². The van der Waals surface area contributed by atoms with E-state index in [4.69, 9.17) is 0 Å². The molecule has 7 heteroatoms. The van der Waals surface area contributed by atoms with Gasteiger partial charge < -0.3 is 4.90 Å². The zero-order valence-corrected chi connectivity index (χ0v) is 11.9. The number of rotatable bonds is 3. The molecule has 1 fully saturated rings. The van der Waals surface area contributed by atoms with Gasteiger partial charge >= 0.3 is 0 Å². The first-order valence-electron chi connectivity index (χ1n) is 5.38. The molecule has 0 radical (unpaired) electrons. The van der Waals surface area contributed by atoms with Crippen LogP contribution < -0.4 is 4.90 Å². The van der Waals surface area contributed by atoms with Crippen LogP contribution in [0.3, 0.4) is 0 Å². The van der Waals surface area contributed by atoms with E-state index in [-0.39, 0.29) is 17.5 Å². The van der Waals surface area contributed by atoms with Crippen molar-refractivity contribution in [3.8, 4) is 0 Å². The van der Waals surface area contributed by atoms with Gasteiger partial charge in [-0.05, 0) is 33.7 Å². The summed E-state index contributed by atoms with van der Waals surface area (Å²) in [5.74, 6) is 0.816. The Balaban J connectivity index is 2.35. The van der Waals surface area contributed by atoms with Crippen LogP contribution in [0, 0.1) is 16.0 Å². The summed E-state index contributed by atoms with van der Waals surface area (Å²) in [6.07, 6.45) is 0.443. The van der Waals surface area contributed by atoms with E-state index in [0.717, 1.165) is 0 Å². The lowest BCUT2D eigenvalue weighted by Gasteiger charge is -2.17. The van der Waals surface area contributed by atoms with E-state index in [1.165, 1.54) is 12.1 Å². The first kappa shape index (κ1) is 13.4. The molecule has 0 saturated carbocycles. The van der Waals surface area contributed by atoms with Gasteiger partial charge in [0.2, 0.25) is 5.91 Å². The molecule has 1 heterocycles. The number of nitro groups is 1. The second-order valence-electron chi connectivity index (χ2n) is 4.15. The summed E-state index contributed by atoms with van der Waals surface area (Å²) in [7, 11) is 0. The number of halogens is 1. The number of hydrogen-bond donors (Lipinski definition) is 1. The van der Waals surface area contributed by atoms with Gasteiger partial charge in [0, 0.05) is 29.6 Å². The third-order valence-corrected chi connectivity index (χ3v) is 4.08. The molecule has 5 nitrogen and oxygen atoms in total. The first-order chi connectivity index (χ1) is 8.52. The van der Waals surface area contributed by atoms with Crippen molar-refractivity contribution in [3.63, 3.8) is 0 Å². The predicted molar refractivity (Wildman–Crippen MR) is 75.1 cm³/mol. The van der Waals surface area contributed by atoms with Gasteiger partial charge in [0.25, 0.3) is 5.69 Å². The predicted octanol–water partition coefficient (Wildman–Crippen LogP) is 2.64. The largest absolute Gasteiger partial charge is 0.311 e. The fourth-order valence-electron chi connectivity index (χ4n) is 1.96. The number of hydrogen-bond acceptors (Lipinski definition) is 4. The van der Waals surface area contributed by atoms with Crippen LogP contribution in [0.4, 0.5) is 11.4 Å². The summed E-state index contributed by atoms with van der Waals surface area (Å²) in [5.41, 5.74) is 0.536. The lowest BCUT2D eigenvalue weighted by Crippen LogP contribution is -2.25. The highest BCUT2D eigenvalue weighted by Gasteiger charge is 2.31. The quantitative estimate of drug-likeness (QED) is 0.526. The van der Waals surface area contributed by atoms with Gasteiger partial charge in [0.15, 0.2) is 0 Å². The van der Waals surface area contributed by atoms with Gasteiger partial charge in [-0.1, -0.05) is 0 Å². The first-order valence-corrected chi connectivity index (χ1v) is 6.80. The van der Waals surface area contributed by atoms with Crippen molar-refractivity contribution < 1.29 is 9.72 Å². The summed E-state index contributed by atoms with van der Waals surface area (Å²) >= 11 is 7.51. The smallest absolute Gasteiger partial charge is 0.271 e. The fraction of sp³-hybridized carbons (Fsp3) is 0.364. The molecule has 2 rings (SSSR count). The summed E-state index contributed by atoms with van der Waals surface area (Å²) in [4.78, 5) is 23.8. The summed E-state index contributed by atoms with van der Waals surface area (Å²) in [6.45, 7) is 0.558. The summed E-state index contributed by atoms with van der Waals surface area (Å²) in [6, 6.07) is 4.42. The zero-order chi connectivity index (χ0) is 13.3. The Morgan fingerprint density at radius 3 is 2.83 bits per heavy atom. The van der Waals surface area contributed by atoms with E-state index >= 15 is 0 Å². The zero-order valence-electron chi connectivity index (χ0n) is 9.38. The van der Waals surface area contributed by atoms with E-state index in [0.29, 0.717) is 28.9 Å². The number of carbonyl (C=O) groups excluding carboxylic acids is 1. The molecule has 18 heavy (non-hydrogen) atoms. The molecule has 1 unspecified atom stereocenters. The number of benzene rings is 1. The van der Waals surface area contributed by atoms with Crippen LogP contribution in [0.15, 0.2) is 22.7 Å². The number of nitro benzene ring substituents is 1. The number of amides is 1. The molecule has 0 spiro atoms. The van der Waals surface area contributed by atoms with Crippen molar-refractivity contribution in [1.82, 2.24) is 0 Å². The number of anilines is 1. The topological polar surface area (TPSA) is 63.5 Å². The van der Waals surface area contributed by atoms with E-state index in [1.54, 1.807) is 11.0 Å². The Morgan fingerprint density at radius 2 is 2.28 bits per heavy atom. The lowest BCUT2D eigenvalue weighted by atomic mass is 10.1. The maximum absolute atomic E-state index is 11.9. The van der Waals surface area contributed by atoms with Gasteiger partial charge in [-0.15, -0.1) is 0 Å². The van der Waals surface area contributed by atoms with Gasteiger partial charge in [0.1, 0.15) is 0 Å². The average molecular weight is 331 g/mol. The monoisotopic (exact) mass is 330 g/mol. The van der Waals surface area contributed by atoms with Gasteiger partial charge in [-0.25, -0.2) is 0 Å². The average Bonchev–Trinajstić information content (AvgIpc) is 2.71. The third-order valence-electron chi connectivity index (χ3n) is 2.89. The highest BCUT2D eigenvalue weighted by Crippen LogP contribution is 2.34. The molecule has 1 aliphatic heterocycles. The second-order valence-corrected chi connectivity index (χ2v) is 5.37. The van der Waals surface area contributed by atoms with Crippen molar-refractivity contribution in [1.29, 1.82) is 0 Å². The highest BCUT2D eigenvalue weighted by atomic mass is 79.9. The Morgan fingerprint density at radius 1 is 1.56 bits per heavy atom. The van der Waals surface area contributed by atoms with Crippen molar-refractivity contribution in [3.05, 3.63) is 32.8 Å². The van der Waals surface area contributed by atoms with E-state index in [2.05, 4.69) is 28.6 Å². The molecular formula is C11H11BrN2O3S. The maximum Gasteiger partial charge on any atom is 0.271 e. The van der Waals surface area contributed by atoms with Crippen LogP contribution >= 0.6 is 28.6 Å². The van der Waals surface area contributed by atoms with Crippen LogP contribution in [0.5, 0.6) is 0 Å². The van der Waals surface area contributed by atoms with Crippen molar-refractivity contribution in [2.45, 2.75) is 6.42 Å². The number of carbonyl (C=O) groups is 1. The Labute approximate surface area is 118 Å². The standard InChI is InChI=1S/C11H11BrN2O3S/c12-9-2-1-8(14(16)17)4-10(9)13-5-7(6-18)3-11(13)15/h1-2,4,7,18H,3,5-6H2. The Bertz CT molecular complexity index is 509. The van der Waals surface area contributed by atoms with E-state index in [9.17, 15) is 14.9 Å². The SMILES string of the molecule is O=C1CC(CS)CN1c1cc([N+](=O)[O-])ccc1Br. The molecule has 0 aliphatic carbocycles. The molecule has 1 aliphatic rings. The molecule has 1 amide bonds. The van der Waals surface area contributed by atoms with Gasteiger partial charge in [-0.3, -0.25) is 14.9 Å². The lowest BCUT2D eigenvalue weighted by molar-refractivity contribution is -0.384. The molecule has 1 atom stereocenters. The molecule has 0 N–H and O–H groups in total. The second kappa shape index (κ2) is 5.27. The Kier molecular flexibility index (Phi) is 3.91. The molecule has 0 bridgehead atoms. The molecule has 1 aromatic carbocycles. The van der Waals surface area contributed by atoms with Crippen LogP contribution in [-0.4, -0.2) is 23.1 Å². The van der Waals surface area contributed by atoms with Gasteiger partial charge in [-0.2, -0.15) is 12.6 Å². The van der Waals surface area contributed by atoms with E-state index in [1.807, 2.05) is 0 Å². The van der Waals surface area contributed by atoms with Crippen LogP contribution in [-0.2, 0) is 4.79 Å². The summed E-state index contributed by atoms with van der Waals surface area (Å²) in [5, 5.41) is 10.8. The van der Waals surface area contributed by atoms with Crippen LogP contribution in [0.1, 0.15) is 6.42 Å². The minimum absolute atomic E-state index is 0.0182. The minimum Gasteiger partial charge on any atom is -0.311 e. The number of thiol groups is 1. The maximum atomic E-state index is 11.9. The van der Waals surface area contributed by atoms with E-state index < -0.39 is 4.92 Å². The molecule has 1 saturated heterocycles. The molecule has 0 aromatic heterocycles. The highest BCUT2D eigenvalue weighted by molar-refractivity contribution is 9.10. The van der Waals surface area contributed by atoms with Gasteiger partial charge in [0.05, 0.1) is 10.6 Å². The summed E-state index contributed by atoms with van der Waals surface area (Å²) < 4.78 is 0.682. The Hall–Kier alpha value is -1.08. The third kappa shape index (κ3) is 2.51. The molecular weight excluding hydrogens is 320 g/mol. The van der Waals surface area contributed by atoms with Crippen molar-refractivity contribution >= 4 is 45.8 Å². The molecule has 96 valence electrons. The number of non-ortho nitro benzene ring substituents is 1. The van der Waals surface area contributed by atoms with Crippen molar-refractivity contribution in [2.75, 3.05) is 17.2 Å². The number of nitrogens with zero attached hydrogens (tertiary/aromatic N) is 2. The fourth-order valence-corrected chi connectivity index (χ4v) is 2.66.